The van der Waals surface area contributed by atoms with Gasteiger partial charge in [-0.3, -0.25) is 9.11 Å². The lowest BCUT2D eigenvalue weighted by Crippen LogP contribution is -2.39. The molecule has 1 aliphatic rings. The Labute approximate surface area is 273 Å². The van der Waals surface area contributed by atoms with E-state index in [1.807, 2.05) is 10.6 Å². The molecule has 248 valence electrons. The minimum absolute atomic E-state index is 0.0289. The van der Waals surface area contributed by atoms with E-state index in [0.717, 1.165) is 60.3 Å². The number of aryl methyl sites for hydroxylation is 2. The van der Waals surface area contributed by atoms with Crippen molar-refractivity contribution >= 4 is 49.4 Å². The number of alkyl halides is 3. The summed E-state index contributed by atoms with van der Waals surface area (Å²) in [4.78, 5) is 12.1. The minimum Gasteiger partial charge on any atom is -0.772 e. The second-order valence-corrected chi connectivity index (χ2v) is 14.5. The van der Waals surface area contributed by atoms with Crippen molar-refractivity contribution in [2.24, 2.45) is 17.6 Å². The molecule has 3 aromatic heterocycles. The van der Waals surface area contributed by atoms with Gasteiger partial charge in [-0.2, -0.15) is 18.4 Å². The predicted molar refractivity (Wildman–Crippen MR) is 175 cm³/mol. The molecule has 1 aliphatic heterocycles. The van der Waals surface area contributed by atoms with Crippen molar-refractivity contribution in [3.8, 4) is 6.07 Å². The number of piperidine rings is 1. The van der Waals surface area contributed by atoms with E-state index < -0.39 is 23.7 Å². The molecule has 0 spiro atoms. The van der Waals surface area contributed by atoms with E-state index in [1.54, 1.807) is 13.0 Å². The van der Waals surface area contributed by atoms with E-state index in [9.17, 15) is 27.2 Å². The SMILES string of the molecule is Cc1nc(NC2CCN(Cc3ccc4c(cc(C#N)n4C[C@H](C)C(CN)CCS(=O)[O-])c3C)CC2)c2cc(CC(F)(F)F)sc2n1. The maximum Gasteiger partial charge on any atom is 0.393 e. The summed E-state index contributed by atoms with van der Waals surface area (Å²) in [6.45, 7) is 9.32. The highest BCUT2D eigenvalue weighted by molar-refractivity contribution is 7.79. The Hall–Kier alpha value is -3.09. The smallest absolute Gasteiger partial charge is 0.393 e. The number of thiophene rings is 1. The second-order valence-electron chi connectivity index (χ2n) is 12.3. The molecule has 3 N–H and O–H groups in total. The lowest BCUT2D eigenvalue weighted by Gasteiger charge is -2.33. The van der Waals surface area contributed by atoms with Gasteiger partial charge in [0.2, 0.25) is 0 Å². The number of aromatic nitrogens is 3. The molecule has 0 saturated carbocycles. The van der Waals surface area contributed by atoms with E-state index in [0.29, 0.717) is 47.1 Å². The number of hydrogen-bond donors (Lipinski definition) is 2. The number of anilines is 1. The number of nitriles is 1. The van der Waals surface area contributed by atoms with Crippen LogP contribution in [0.3, 0.4) is 0 Å². The lowest BCUT2D eigenvalue weighted by molar-refractivity contribution is -0.126. The number of hydrogen-bond acceptors (Lipinski definition) is 9. The lowest BCUT2D eigenvalue weighted by atomic mass is 9.91. The molecular weight excluding hydrogens is 636 g/mol. The molecule has 14 heteroatoms. The van der Waals surface area contributed by atoms with Gasteiger partial charge in [0.05, 0.1) is 11.8 Å². The zero-order chi connectivity index (χ0) is 33.2. The minimum atomic E-state index is -4.27. The molecule has 3 atom stereocenters. The van der Waals surface area contributed by atoms with Crippen molar-refractivity contribution < 1.29 is 21.9 Å². The van der Waals surface area contributed by atoms with Crippen LogP contribution in [-0.4, -0.2) is 65.8 Å². The van der Waals surface area contributed by atoms with Crippen LogP contribution in [0, 0.1) is 37.0 Å². The van der Waals surface area contributed by atoms with E-state index in [4.69, 9.17) is 5.73 Å². The topological polar surface area (TPSA) is 136 Å². The van der Waals surface area contributed by atoms with E-state index in [1.165, 1.54) is 5.56 Å². The summed E-state index contributed by atoms with van der Waals surface area (Å²) >= 11 is -1.04. The van der Waals surface area contributed by atoms with Gasteiger partial charge in [-0.25, -0.2) is 9.97 Å². The van der Waals surface area contributed by atoms with Gasteiger partial charge in [-0.15, -0.1) is 11.3 Å². The number of nitrogens with zero attached hydrogens (tertiary/aromatic N) is 5. The highest BCUT2D eigenvalue weighted by Crippen LogP contribution is 2.34. The molecule has 1 aromatic carbocycles. The molecule has 0 aliphatic carbocycles. The molecule has 2 unspecified atom stereocenters. The number of rotatable bonds is 12. The Morgan fingerprint density at radius 1 is 1.22 bits per heavy atom. The number of halogens is 3. The molecule has 46 heavy (non-hydrogen) atoms. The van der Waals surface area contributed by atoms with Crippen molar-refractivity contribution in [1.29, 1.82) is 5.26 Å². The quantitative estimate of drug-likeness (QED) is 0.180. The fourth-order valence-electron chi connectivity index (χ4n) is 6.44. The standard InChI is InChI=1S/C32H40F3N7O2S2/c1-19(22(15-36)8-11-46(43)44)17-42-25(16-37)12-27-20(2)23(4-5-29(27)42)18-41-9-6-24(7-10-41)40-30-28-13-26(14-32(33,34)35)45-31(28)39-21(3)38-30/h4-5,12-13,19,22,24H,6-11,14-15,17-18,36H2,1-3H3,(H,43,44)(H,38,39,40)/p-1/t19-,22?/m0/s1. The van der Waals surface area contributed by atoms with Crippen molar-refractivity contribution in [1.82, 2.24) is 19.4 Å². The maximum atomic E-state index is 13.0. The second kappa shape index (κ2) is 14.4. The number of fused-ring (bicyclic) bond motifs is 2. The van der Waals surface area contributed by atoms with Crippen molar-refractivity contribution in [3.05, 3.63) is 51.8 Å². The Kier molecular flexibility index (Phi) is 10.7. The van der Waals surface area contributed by atoms with E-state index in [-0.39, 0.29) is 28.5 Å². The highest BCUT2D eigenvalue weighted by atomic mass is 32.2. The number of benzene rings is 1. The van der Waals surface area contributed by atoms with Crippen molar-refractivity contribution in [2.75, 3.05) is 30.7 Å². The van der Waals surface area contributed by atoms with Gasteiger partial charge in [0.15, 0.2) is 0 Å². The summed E-state index contributed by atoms with van der Waals surface area (Å²) in [5.74, 6) is 1.32. The van der Waals surface area contributed by atoms with Crippen LogP contribution in [0.5, 0.6) is 0 Å². The Bertz CT molecular complexity index is 1760. The molecular formula is C32H39F3N7O2S2-. The van der Waals surface area contributed by atoms with E-state index >= 15 is 0 Å². The molecule has 9 nitrogen and oxygen atoms in total. The van der Waals surface area contributed by atoms with Crippen molar-refractivity contribution in [2.45, 2.75) is 71.8 Å². The normalized spacial score (nSPS) is 16.9. The Balaban J connectivity index is 1.24. The highest BCUT2D eigenvalue weighted by Gasteiger charge is 2.29. The third kappa shape index (κ3) is 8.06. The third-order valence-electron chi connectivity index (χ3n) is 9.07. The summed E-state index contributed by atoms with van der Waals surface area (Å²) in [5, 5.41) is 15.1. The van der Waals surface area contributed by atoms with Crippen molar-refractivity contribution in [3.63, 3.8) is 0 Å². The van der Waals surface area contributed by atoms with Gasteiger partial charge in [0, 0.05) is 53.8 Å². The molecule has 5 rings (SSSR count). The Morgan fingerprint density at radius 2 is 1.96 bits per heavy atom. The maximum absolute atomic E-state index is 13.0. The third-order valence-corrected chi connectivity index (χ3v) is 10.7. The van der Waals surface area contributed by atoms with Gasteiger partial charge in [0.25, 0.3) is 0 Å². The average Bonchev–Trinajstić information content (AvgIpc) is 3.55. The predicted octanol–water partition coefficient (Wildman–Crippen LogP) is 5.80. The molecule has 0 bridgehead atoms. The zero-order valence-electron chi connectivity index (χ0n) is 26.2. The van der Waals surface area contributed by atoms with Gasteiger partial charge in [0.1, 0.15) is 28.2 Å². The first kappa shape index (κ1) is 34.3. The van der Waals surface area contributed by atoms with Crippen LogP contribution >= 0.6 is 11.3 Å². The van der Waals surface area contributed by atoms with Crippen LogP contribution in [-0.2, 0) is 30.6 Å². The largest absolute Gasteiger partial charge is 0.772 e. The zero-order valence-corrected chi connectivity index (χ0v) is 27.8. The number of nitrogens with two attached hydrogens (primary N) is 1. The molecule has 0 radical (unpaired) electrons. The molecule has 0 amide bonds. The van der Waals surface area contributed by atoms with Gasteiger partial charge < -0.3 is 20.2 Å². The van der Waals surface area contributed by atoms with Gasteiger partial charge >= 0.3 is 6.18 Å². The number of likely N-dealkylation sites (tertiary alicyclic amines) is 1. The summed E-state index contributed by atoms with van der Waals surface area (Å²) < 4.78 is 63.2. The summed E-state index contributed by atoms with van der Waals surface area (Å²) in [7, 11) is 0. The summed E-state index contributed by atoms with van der Waals surface area (Å²) in [6.07, 6.45) is -3.03. The molecule has 1 fully saturated rings. The van der Waals surface area contributed by atoms with Crippen LogP contribution < -0.4 is 11.1 Å². The molecule has 4 aromatic rings. The van der Waals surface area contributed by atoms with Crippen LogP contribution in [0.4, 0.5) is 19.0 Å². The first-order valence-electron chi connectivity index (χ1n) is 15.5. The van der Waals surface area contributed by atoms with Gasteiger partial charge in [-0.05, 0) is 80.8 Å². The van der Waals surface area contributed by atoms with Crippen LogP contribution in [0.2, 0.25) is 0 Å². The summed E-state index contributed by atoms with van der Waals surface area (Å²) in [5.41, 5.74) is 9.85. The first-order valence-corrected chi connectivity index (χ1v) is 17.5. The van der Waals surface area contributed by atoms with Crippen LogP contribution in [0.1, 0.15) is 53.7 Å². The van der Waals surface area contributed by atoms with Crippen LogP contribution in [0.15, 0.2) is 24.3 Å². The Morgan fingerprint density at radius 3 is 2.61 bits per heavy atom. The first-order chi connectivity index (χ1) is 21.8. The average molecular weight is 675 g/mol. The molecule has 4 heterocycles. The molecule has 1 saturated heterocycles. The number of nitrogens with one attached hydrogen (secondary N) is 1. The van der Waals surface area contributed by atoms with Gasteiger partial charge in [-0.1, -0.05) is 24.1 Å². The fraction of sp³-hybridized carbons (Fsp3) is 0.531. The van der Waals surface area contributed by atoms with E-state index in [2.05, 4.69) is 52.2 Å². The summed E-state index contributed by atoms with van der Waals surface area (Å²) in [6, 6.07) is 10.2. The van der Waals surface area contributed by atoms with Crippen LogP contribution in [0.25, 0.3) is 21.1 Å². The monoisotopic (exact) mass is 674 g/mol. The fourth-order valence-corrected chi connectivity index (χ4v) is 8.04.